The maximum Gasteiger partial charge on any atom is 0.409 e. The number of carboxylic acids is 1. The van der Waals surface area contributed by atoms with Gasteiger partial charge in [0.1, 0.15) is 13.2 Å². The third kappa shape index (κ3) is 4.21. The van der Waals surface area contributed by atoms with Gasteiger partial charge in [-0.15, -0.1) is 0 Å². The number of ether oxygens (including phenoxy) is 2. The number of methoxy groups -OCH3 is 1. The monoisotopic (exact) mass is 260 g/mol. The second-order valence-corrected chi connectivity index (χ2v) is 3.72. The van der Waals surface area contributed by atoms with E-state index in [0.29, 0.717) is 26.2 Å². The third-order valence-corrected chi connectivity index (χ3v) is 2.52. The summed E-state index contributed by atoms with van der Waals surface area (Å²) in [6, 6.07) is 0. The normalized spacial score (nSPS) is 15.4. The lowest BCUT2D eigenvalue weighted by molar-refractivity contribution is -0.146. The molecule has 0 saturated carbocycles. The molecule has 1 heterocycles. The van der Waals surface area contributed by atoms with Gasteiger partial charge in [-0.05, 0) is 0 Å². The van der Waals surface area contributed by atoms with Crippen molar-refractivity contribution in [2.24, 2.45) is 0 Å². The minimum atomic E-state index is -1.11. The first-order valence-corrected chi connectivity index (χ1v) is 5.44. The molecular formula is C10H16N2O6. The minimum Gasteiger partial charge on any atom is -0.480 e. The van der Waals surface area contributed by atoms with Crippen LogP contribution in [0.3, 0.4) is 0 Å². The van der Waals surface area contributed by atoms with Gasteiger partial charge in [-0.3, -0.25) is 4.79 Å². The number of nitrogens with zero attached hydrogens (tertiary/aromatic N) is 2. The highest BCUT2D eigenvalue weighted by Gasteiger charge is 2.24. The molecule has 0 aliphatic carbocycles. The summed E-state index contributed by atoms with van der Waals surface area (Å²) in [6.07, 6.45) is -0.413. The Labute approximate surface area is 104 Å². The number of piperazine rings is 1. The van der Waals surface area contributed by atoms with E-state index in [1.165, 1.54) is 16.9 Å². The number of hydrogen-bond donors (Lipinski definition) is 1. The van der Waals surface area contributed by atoms with Crippen molar-refractivity contribution in [2.75, 3.05) is 46.5 Å². The van der Waals surface area contributed by atoms with Gasteiger partial charge >= 0.3 is 12.1 Å². The average molecular weight is 260 g/mol. The summed E-state index contributed by atoms with van der Waals surface area (Å²) < 4.78 is 9.28. The standard InChI is InChI=1S/C10H16N2O6/c1-17-10(16)12-4-2-11(3-5-12)8(13)6-18-7-9(14)15/h2-7H2,1H3,(H,14,15). The van der Waals surface area contributed by atoms with Crippen LogP contribution in [-0.4, -0.2) is 79.4 Å². The smallest absolute Gasteiger partial charge is 0.409 e. The number of carbonyl (C=O) groups excluding carboxylic acids is 2. The van der Waals surface area contributed by atoms with Crippen molar-refractivity contribution in [1.82, 2.24) is 9.80 Å². The summed E-state index contributed by atoms with van der Waals surface area (Å²) in [5.41, 5.74) is 0. The van der Waals surface area contributed by atoms with Crippen LogP contribution in [0.4, 0.5) is 4.79 Å². The summed E-state index contributed by atoms with van der Waals surface area (Å²) >= 11 is 0. The zero-order chi connectivity index (χ0) is 13.5. The molecule has 0 aromatic rings. The Morgan fingerprint density at radius 3 is 2.11 bits per heavy atom. The Morgan fingerprint density at radius 2 is 1.61 bits per heavy atom. The van der Waals surface area contributed by atoms with E-state index in [1.807, 2.05) is 0 Å². The summed E-state index contributed by atoms with van der Waals surface area (Å²) in [5.74, 6) is -1.39. The highest BCUT2D eigenvalue weighted by atomic mass is 16.5. The van der Waals surface area contributed by atoms with Crippen LogP contribution in [0.2, 0.25) is 0 Å². The Morgan fingerprint density at radius 1 is 1.06 bits per heavy atom. The molecule has 8 heteroatoms. The van der Waals surface area contributed by atoms with Crippen LogP contribution in [0.25, 0.3) is 0 Å². The number of carbonyl (C=O) groups is 3. The molecule has 0 unspecified atom stereocenters. The van der Waals surface area contributed by atoms with Crippen LogP contribution >= 0.6 is 0 Å². The first-order chi connectivity index (χ1) is 8.54. The topological polar surface area (TPSA) is 96.4 Å². The largest absolute Gasteiger partial charge is 0.480 e. The zero-order valence-corrected chi connectivity index (χ0v) is 10.1. The molecule has 8 nitrogen and oxygen atoms in total. The van der Waals surface area contributed by atoms with Gasteiger partial charge < -0.3 is 24.4 Å². The molecule has 1 aliphatic rings. The molecule has 0 spiro atoms. The number of aliphatic carboxylic acids is 1. The number of carboxylic acid groups (broad SMARTS) is 1. The molecular weight excluding hydrogens is 244 g/mol. The van der Waals surface area contributed by atoms with Crippen LogP contribution < -0.4 is 0 Å². The maximum absolute atomic E-state index is 11.6. The van der Waals surface area contributed by atoms with Crippen molar-refractivity contribution in [3.63, 3.8) is 0 Å². The molecule has 1 N–H and O–H groups in total. The molecule has 102 valence electrons. The quantitative estimate of drug-likeness (QED) is 0.696. The van der Waals surface area contributed by atoms with Crippen molar-refractivity contribution in [3.8, 4) is 0 Å². The fourth-order valence-corrected chi connectivity index (χ4v) is 1.58. The van der Waals surface area contributed by atoms with Crippen LogP contribution in [0.1, 0.15) is 0 Å². The van der Waals surface area contributed by atoms with Crippen molar-refractivity contribution >= 4 is 18.0 Å². The van der Waals surface area contributed by atoms with E-state index in [0.717, 1.165) is 0 Å². The summed E-state index contributed by atoms with van der Waals surface area (Å²) in [5, 5.41) is 8.35. The molecule has 0 aromatic carbocycles. The molecule has 18 heavy (non-hydrogen) atoms. The summed E-state index contributed by atoms with van der Waals surface area (Å²) in [7, 11) is 1.31. The van der Waals surface area contributed by atoms with Gasteiger partial charge in [0.05, 0.1) is 7.11 Å². The van der Waals surface area contributed by atoms with Crippen LogP contribution in [0.5, 0.6) is 0 Å². The zero-order valence-electron chi connectivity index (χ0n) is 10.1. The number of hydrogen-bond acceptors (Lipinski definition) is 5. The van der Waals surface area contributed by atoms with Gasteiger partial charge in [0.25, 0.3) is 0 Å². The molecule has 1 rings (SSSR count). The van der Waals surface area contributed by atoms with Crippen LogP contribution in [0.15, 0.2) is 0 Å². The van der Waals surface area contributed by atoms with E-state index in [2.05, 4.69) is 4.74 Å². The SMILES string of the molecule is COC(=O)N1CCN(C(=O)COCC(=O)O)CC1. The Balaban J connectivity index is 2.27. The van der Waals surface area contributed by atoms with Gasteiger partial charge in [-0.1, -0.05) is 0 Å². The van der Waals surface area contributed by atoms with E-state index < -0.39 is 18.7 Å². The molecule has 0 aromatic heterocycles. The minimum absolute atomic E-state index is 0.259. The van der Waals surface area contributed by atoms with Crippen molar-refractivity contribution in [3.05, 3.63) is 0 Å². The first kappa shape index (κ1) is 14.2. The highest BCUT2D eigenvalue weighted by Crippen LogP contribution is 2.03. The van der Waals surface area contributed by atoms with Crippen LogP contribution in [-0.2, 0) is 19.1 Å². The summed E-state index contributed by atoms with van der Waals surface area (Å²) in [4.78, 5) is 36.0. The lowest BCUT2D eigenvalue weighted by Crippen LogP contribution is -2.51. The maximum atomic E-state index is 11.6. The molecule has 0 bridgehead atoms. The number of rotatable bonds is 4. The Bertz CT molecular complexity index is 324. The fourth-order valence-electron chi connectivity index (χ4n) is 1.58. The van der Waals surface area contributed by atoms with Crippen LogP contribution in [0, 0.1) is 0 Å². The molecule has 2 amide bonds. The Hall–Kier alpha value is -1.83. The molecule has 1 fully saturated rings. The fraction of sp³-hybridized carbons (Fsp3) is 0.700. The molecule has 0 radical (unpaired) electrons. The van der Waals surface area contributed by atoms with Gasteiger partial charge in [0, 0.05) is 26.2 Å². The highest BCUT2D eigenvalue weighted by molar-refractivity contribution is 5.78. The van der Waals surface area contributed by atoms with E-state index in [4.69, 9.17) is 9.84 Å². The predicted octanol–water partition coefficient (Wildman–Crippen LogP) is -1.00. The van der Waals surface area contributed by atoms with Crippen molar-refractivity contribution < 1.29 is 29.0 Å². The summed E-state index contributed by atoms with van der Waals surface area (Å²) in [6.45, 7) is 0.835. The predicted molar refractivity (Wildman–Crippen MR) is 59.0 cm³/mol. The van der Waals surface area contributed by atoms with E-state index >= 15 is 0 Å². The second kappa shape index (κ2) is 6.80. The van der Waals surface area contributed by atoms with E-state index in [1.54, 1.807) is 0 Å². The van der Waals surface area contributed by atoms with Gasteiger partial charge in [0.2, 0.25) is 5.91 Å². The third-order valence-electron chi connectivity index (χ3n) is 2.52. The van der Waals surface area contributed by atoms with Crippen molar-refractivity contribution in [1.29, 1.82) is 0 Å². The Kier molecular flexibility index (Phi) is 5.37. The molecule has 0 atom stereocenters. The second-order valence-electron chi connectivity index (χ2n) is 3.72. The van der Waals surface area contributed by atoms with E-state index in [9.17, 15) is 14.4 Å². The number of amides is 2. The van der Waals surface area contributed by atoms with Crippen molar-refractivity contribution in [2.45, 2.75) is 0 Å². The lowest BCUT2D eigenvalue weighted by Gasteiger charge is -2.33. The van der Waals surface area contributed by atoms with Gasteiger partial charge in [0.15, 0.2) is 0 Å². The average Bonchev–Trinajstić information content (AvgIpc) is 2.37. The van der Waals surface area contributed by atoms with Gasteiger partial charge in [-0.25, -0.2) is 9.59 Å². The van der Waals surface area contributed by atoms with Gasteiger partial charge in [-0.2, -0.15) is 0 Å². The molecule has 1 aliphatic heterocycles. The van der Waals surface area contributed by atoms with E-state index in [-0.39, 0.29) is 12.5 Å². The first-order valence-electron chi connectivity index (χ1n) is 5.44. The lowest BCUT2D eigenvalue weighted by atomic mass is 10.3. The molecule has 1 saturated heterocycles.